The smallest absolute Gasteiger partial charge is 0.245 e. The molecule has 0 fully saturated rings. The van der Waals surface area contributed by atoms with Crippen LogP contribution in [-0.4, -0.2) is 55.6 Å². The zero-order chi connectivity index (χ0) is 22.3. The van der Waals surface area contributed by atoms with E-state index in [4.69, 9.17) is 4.74 Å². The number of sulfonamides is 1. The Labute approximate surface area is 176 Å². The Kier molecular flexibility index (Phi) is 7.76. The Hall–Kier alpha value is -3.14. The summed E-state index contributed by atoms with van der Waals surface area (Å²) in [6.07, 6.45) is 1.55. The van der Waals surface area contributed by atoms with E-state index in [1.165, 1.54) is 7.05 Å². The van der Waals surface area contributed by atoms with E-state index in [0.717, 1.165) is 10.5 Å². The van der Waals surface area contributed by atoms with Crippen molar-refractivity contribution in [1.29, 1.82) is 0 Å². The topological polar surface area (TPSA) is 118 Å². The Bertz CT molecular complexity index is 991. The average molecular weight is 435 g/mol. The van der Waals surface area contributed by atoms with Crippen LogP contribution in [0.4, 0.5) is 11.5 Å². The highest BCUT2D eigenvalue weighted by Crippen LogP contribution is 2.18. The van der Waals surface area contributed by atoms with Crippen molar-refractivity contribution < 1.29 is 22.7 Å². The van der Waals surface area contributed by atoms with Crippen molar-refractivity contribution in [1.82, 2.24) is 9.88 Å². The summed E-state index contributed by atoms with van der Waals surface area (Å²) < 4.78 is 32.4. The number of pyridine rings is 1. The summed E-state index contributed by atoms with van der Waals surface area (Å²) >= 11 is 0. The zero-order valence-corrected chi connectivity index (χ0v) is 18.2. The lowest BCUT2D eigenvalue weighted by Gasteiger charge is -2.17. The van der Waals surface area contributed by atoms with E-state index >= 15 is 0 Å². The van der Waals surface area contributed by atoms with Crippen LogP contribution in [0, 0.1) is 6.92 Å². The zero-order valence-electron chi connectivity index (χ0n) is 17.4. The highest BCUT2D eigenvalue weighted by atomic mass is 32.2. The molecular weight excluding hydrogens is 408 g/mol. The maximum Gasteiger partial charge on any atom is 0.245 e. The van der Waals surface area contributed by atoms with Crippen LogP contribution in [0.1, 0.15) is 19.4 Å². The number of hydrogen-bond acceptors (Lipinski definition) is 6. The lowest BCUT2D eigenvalue weighted by atomic mass is 10.3. The lowest BCUT2D eigenvalue weighted by Crippen LogP contribution is -2.39. The van der Waals surface area contributed by atoms with Crippen LogP contribution < -0.4 is 14.8 Å². The fourth-order valence-corrected chi connectivity index (χ4v) is 3.57. The van der Waals surface area contributed by atoms with Gasteiger partial charge in [-0.25, -0.2) is 13.4 Å². The van der Waals surface area contributed by atoms with E-state index in [9.17, 15) is 18.0 Å². The molecule has 2 N–H and O–H groups in total. The molecule has 30 heavy (non-hydrogen) atoms. The van der Waals surface area contributed by atoms with Crippen LogP contribution in [0.15, 0.2) is 42.6 Å². The highest BCUT2D eigenvalue weighted by molar-refractivity contribution is 7.93. The number of benzene rings is 1. The molecule has 2 aromatic rings. The monoisotopic (exact) mass is 434 g/mol. The van der Waals surface area contributed by atoms with Crippen LogP contribution in [-0.2, 0) is 19.6 Å². The van der Waals surface area contributed by atoms with Gasteiger partial charge >= 0.3 is 0 Å². The van der Waals surface area contributed by atoms with Crippen molar-refractivity contribution in [3.8, 4) is 5.75 Å². The summed E-state index contributed by atoms with van der Waals surface area (Å²) in [7, 11) is -2.58. The van der Waals surface area contributed by atoms with Gasteiger partial charge in [0, 0.05) is 18.9 Å². The van der Waals surface area contributed by atoms with Crippen molar-refractivity contribution in [3.05, 3.63) is 48.2 Å². The number of nitrogens with one attached hydrogen (secondary N) is 2. The Balaban J connectivity index is 1.89. The van der Waals surface area contributed by atoms with Crippen molar-refractivity contribution in [2.45, 2.75) is 26.9 Å². The number of likely N-dealkylation sites (N-methyl/N-ethyl adjacent to an activating group) is 1. The minimum Gasteiger partial charge on any atom is -0.491 e. The fraction of sp³-hybridized carbons (Fsp3) is 0.350. The SMILES string of the molecule is Cc1ccnc(NC(=O)CN(C)C(=O)CS(=O)(=O)Nc2ccc(OC(C)C)cc2)c1. The number of hydrogen-bond donors (Lipinski definition) is 2. The van der Waals surface area contributed by atoms with Gasteiger partial charge in [-0.1, -0.05) is 0 Å². The van der Waals surface area contributed by atoms with Crippen LogP contribution in [0.2, 0.25) is 0 Å². The first-order valence-corrected chi connectivity index (χ1v) is 10.9. The number of aryl methyl sites for hydroxylation is 1. The van der Waals surface area contributed by atoms with Crippen molar-refractivity contribution in [2.75, 3.05) is 29.4 Å². The molecule has 0 aliphatic heterocycles. The summed E-state index contributed by atoms with van der Waals surface area (Å²) in [4.78, 5) is 29.4. The number of nitrogens with zero attached hydrogens (tertiary/aromatic N) is 2. The first-order chi connectivity index (χ1) is 14.0. The first-order valence-electron chi connectivity index (χ1n) is 9.28. The lowest BCUT2D eigenvalue weighted by molar-refractivity contribution is -0.131. The number of amides is 2. The van der Waals surface area contributed by atoms with Gasteiger partial charge in [0.05, 0.1) is 12.6 Å². The van der Waals surface area contributed by atoms with E-state index in [-0.39, 0.29) is 12.6 Å². The molecular formula is C20H26N4O5S. The van der Waals surface area contributed by atoms with Crippen LogP contribution in [0.5, 0.6) is 5.75 Å². The van der Waals surface area contributed by atoms with Gasteiger partial charge in [-0.05, 0) is 62.7 Å². The summed E-state index contributed by atoms with van der Waals surface area (Å²) in [6.45, 7) is 5.33. The summed E-state index contributed by atoms with van der Waals surface area (Å²) in [6, 6.07) is 9.84. The Morgan fingerprint density at radius 1 is 1.17 bits per heavy atom. The average Bonchev–Trinajstić information content (AvgIpc) is 2.62. The molecule has 0 unspecified atom stereocenters. The van der Waals surface area contributed by atoms with Gasteiger partial charge in [0.25, 0.3) is 0 Å². The molecule has 0 saturated heterocycles. The van der Waals surface area contributed by atoms with E-state index in [1.807, 2.05) is 20.8 Å². The van der Waals surface area contributed by atoms with Crippen LogP contribution >= 0.6 is 0 Å². The third-order valence-electron chi connectivity index (χ3n) is 3.80. The predicted molar refractivity (Wildman–Crippen MR) is 115 cm³/mol. The van der Waals surface area contributed by atoms with Gasteiger partial charge < -0.3 is 15.0 Å². The van der Waals surface area contributed by atoms with E-state index in [1.54, 1.807) is 42.6 Å². The van der Waals surface area contributed by atoms with Crippen LogP contribution in [0.25, 0.3) is 0 Å². The van der Waals surface area contributed by atoms with Crippen molar-refractivity contribution >= 4 is 33.3 Å². The second kappa shape index (κ2) is 10.1. The van der Waals surface area contributed by atoms with E-state index in [0.29, 0.717) is 17.3 Å². The second-order valence-corrected chi connectivity index (χ2v) is 8.79. The van der Waals surface area contributed by atoms with Gasteiger partial charge in [0.2, 0.25) is 21.8 Å². The largest absolute Gasteiger partial charge is 0.491 e. The molecule has 1 aromatic carbocycles. The fourth-order valence-electron chi connectivity index (χ4n) is 2.45. The van der Waals surface area contributed by atoms with Gasteiger partial charge in [-0.15, -0.1) is 0 Å². The summed E-state index contributed by atoms with van der Waals surface area (Å²) in [5.74, 6) is -1.01. The molecule has 0 bridgehead atoms. The Morgan fingerprint density at radius 3 is 2.43 bits per heavy atom. The standard InChI is InChI=1S/C20H26N4O5S/c1-14(2)29-17-7-5-16(6-8-17)23-30(27,28)13-20(26)24(4)12-19(25)22-18-11-15(3)9-10-21-18/h5-11,14,23H,12-13H2,1-4H3,(H,21,22,25). The van der Waals surface area contributed by atoms with Gasteiger partial charge in [-0.2, -0.15) is 0 Å². The molecule has 0 radical (unpaired) electrons. The number of carbonyl (C=O) groups excluding carboxylic acids is 2. The van der Waals surface area contributed by atoms with Crippen molar-refractivity contribution in [3.63, 3.8) is 0 Å². The van der Waals surface area contributed by atoms with Gasteiger partial charge in [-0.3, -0.25) is 14.3 Å². The molecule has 0 saturated carbocycles. The number of anilines is 2. The van der Waals surface area contributed by atoms with Gasteiger partial charge in [0.15, 0.2) is 0 Å². The number of ether oxygens (including phenoxy) is 1. The molecule has 0 atom stereocenters. The third kappa shape index (κ3) is 7.70. The third-order valence-corrected chi connectivity index (χ3v) is 4.98. The summed E-state index contributed by atoms with van der Waals surface area (Å²) in [5, 5.41) is 2.57. The number of aromatic nitrogens is 1. The molecule has 10 heteroatoms. The second-order valence-electron chi connectivity index (χ2n) is 7.07. The normalized spacial score (nSPS) is 11.1. The van der Waals surface area contributed by atoms with E-state index < -0.39 is 27.6 Å². The molecule has 9 nitrogen and oxygen atoms in total. The molecule has 2 rings (SSSR count). The summed E-state index contributed by atoms with van der Waals surface area (Å²) in [5.41, 5.74) is 1.23. The predicted octanol–water partition coefficient (Wildman–Crippen LogP) is 2.02. The van der Waals surface area contributed by atoms with E-state index in [2.05, 4.69) is 15.0 Å². The molecule has 0 aliphatic carbocycles. The molecule has 1 heterocycles. The highest BCUT2D eigenvalue weighted by Gasteiger charge is 2.21. The van der Waals surface area contributed by atoms with Crippen molar-refractivity contribution in [2.24, 2.45) is 0 Å². The maximum absolute atomic E-state index is 12.3. The molecule has 1 aromatic heterocycles. The van der Waals surface area contributed by atoms with Gasteiger partial charge in [0.1, 0.15) is 17.3 Å². The quantitative estimate of drug-likeness (QED) is 0.623. The van der Waals surface area contributed by atoms with Crippen LogP contribution in [0.3, 0.4) is 0 Å². The molecule has 0 aliphatic rings. The molecule has 2 amide bonds. The minimum atomic E-state index is -3.94. The molecule has 0 spiro atoms. The minimum absolute atomic E-state index is 0.000374. The maximum atomic E-state index is 12.3. The number of rotatable bonds is 9. The number of carbonyl (C=O) groups is 2. The Morgan fingerprint density at radius 2 is 1.83 bits per heavy atom. The molecule has 162 valence electrons. The first kappa shape index (κ1) is 23.1.